The highest BCUT2D eigenvalue weighted by atomic mass is 32.2. The molecule has 0 radical (unpaired) electrons. The average molecular weight is 277 g/mol. The van der Waals surface area contributed by atoms with Gasteiger partial charge >= 0.3 is 0 Å². The van der Waals surface area contributed by atoms with Gasteiger partial charge in [0.1, 0.15) is 0 Å². The van der Waals surface area contributed by atoms with E-state index in [9.17, 15) is 0 Å². The summed E-state index contributed by atoms with van der Waals surface area (Å²) in [5, 5.41) is 4.06. The van der Waals surface area contributed by atoms with Crippen LogP contribution in [0.15, 0.2) is 54.6 Å². The van der Waals surface area contributed by atoms with Gasteiger partial charge in [0, 0.05) is 0 Å². The minimum Gasteiger partial charge on any atom is -0.231 e. The molecule has 0 fully saturated rings. The predicted octanol–water partition coefficient (Wildman–Crippen LogP) is 2.78. The Hall–Kier alpha value is -1.65. The van der Waals surface area contributed by atoms with E-state index in [0.717, 1.165) is 0 Å². The lowest BCUT2D eigenvalue weighted by Gasteiger charge is -2.03. The zero-order valence-electron chi connectivity index (χ0n) is 11.0. The lowest BCUT2D eigenvalue weighted by atomic mass is 10.0. The maximum absolute atomic E-state index is 8.81. The van der Waals surface area contributed by atoms with Gasteiger partial charge in [-0.1, -0.05) is 67.9 Å². The van der Waals surface area contributed by atoms with Crippen LogP contribution in [-0.2, 0) is 17.3 Å². The van der Waals surface area contributed by atoms with Crippen LogP contribution in [0.3, 0.4) is 0 Å². The summed E-state index contributed by atoms with van der Waals surface area (Å²) in [5.41, 5.74) is 4.02. The fourth-order valence-electron chi connectivity index (χ4n) is 1.78. The monoisotopic (exact) mass is 277 g/mol. The molecular weight excluding hydrogens is 258 g/mol. The molecule has 102 valence electrons. The Kier molecular flexibility index (Phi) is 6.85. The molecule has 4 heteroatoms. The van der Waals surface area contributed by atoms with E-state index in [2.05, 4.69) is 66.7 Å². The normalized spacial score (nSPS) is 9.84. The number of nitrogens with two attached hydrogens (primary N) is 1. The summed E-state index contributed by atoms with van der Waals surface area (Å²) in [5.74, 6) is 0. The van der Waals surface area contributed by atoms with Crippen molar-refractivity contribution < 1.29 is 8.42 Å². The third-order valence-corrected chi connectivity index (χ3v) is 2.60. The number of thiol groups is 1. The summed E-state index contributed by atoms with van der Waals surface area (Å²) in [4.78, 5) is 0. The molecule has 0 aromatic heterocycles. The van der Waals surface area contributed by atoms with Gasteiger partial charge in [-0.2, -0.15) is 0 Å². The van der Waals surface area contributed by atoms with Crippen LogP contribution in [0.2, 0.25) is 0 Å². The van der Waals surface area contributed by atoms with Crippen molar-refractivity contribution >= 4 is 10.9 Å². The summed E-state index contributed by atoms with van der Waals surface area (Å²) < 4.78 is 17.6. The number of aryl methyl sites for hydroxylation is 1. The molecule has 0 saturated carbocycles. The highest BCUT2D eigenvalue weighted by Crippen LogP contribution is 2.19. The molecule has 0 bridgehead atoms. The Morgan fingerprint density at radius 3 is 1.84 bits per heavy atom. The smallest absolute Gasteiger partial charge is 0.198 e. The first-order chi connectivity index (χ1) is 9.13. The quantitative estimate of drug-likeness (QED) is 0.847. The molecule has 0 unspecified atom stereocenters. The summed E-state index contributed by atoms with van der Waals surface area (Å²) in [6, 6.07) is 19.4. The zero-order valence-corrected chi connectivity index (χ0v) is 11.8. The molecule has 2 aromatic carbocycles. The van der Waals surface area contributed by atoms with Crippen molar-refractivity contribution in [2.75, 3.05) is 0 Å². The van der Waals surface area contributed by atoms with Crippen molar-refractivity contribution in [1.29, 1.82) is 0 Å². The maximum atomic E-state index is 8.81. The Bertz CT molecular complexity index is 540. The largest absolute Gasteiger partial charge is 0.231 e. The van der Waals surface area contributed by atoms with Crippen LogP contribution in [0.1, 0.15) is 18.9 Å². The van der Waals surface area contributed by atoms with Gasteiger partial charge in [0.2, 0.25) is 0 Å². The van der Waals surface area contributed by atoms with Gasteiger partial charge in [-0.25, -0.2) is 13.6 Å². The second-order valence-electron chi connectivity index (χ2n) is 4.10. The fraction of sp³-hybridized carbons (Fsp3) is 0.200. The van der Waals surface area contributed by atoms with Crippen molar-refractivity contribution in [2.45, 2.75) is 19.8 Å². The molecule has 0 aliphatic rings. The van der Waals surface area contributed by atoms with Crippen LogP contribution in [0.25, 0.3) is 11.1 Å². The Balaban J connectivity index is 0.000000399. The average Bonchev–Trinajstić information content (AvgIpc) is 2.40. The third kappa shape index (κ3) is 6.18. The van der Waals surface area contributed by atoms with Gasteiger partial charge < -0.3 is 0 Å². The standard InChI is InChI=1S/C15H16.H3NO2S/c1-2-6-13-9-11-15(12-10-13)14-7-4-3-5-8-14;1-4(2)3/h3-5,7-12H,2,6H2,1H3;4H,(H2,1,2,3). The first-order valence-corrected chi connectivity index (χ1v) is 7.41. The molecule has 2 N–H and O–H groups in total. The maximum Gasteiger partial charge on any atom is 0.198 e. The van der Waals surface area contributed by atoms with Gasteiger partial charge in [-0.3, -0.25) is 0 Å². The summed E-state index contributed by atoms with van der Waals surface area (Å²) >= 11 is 0. The van der Waals surface area contributed by atoms with E-state index in [4.69, 9.17) is 8.42 Å². The van der Waals surface area contributed by atoms with E-state index < -0.39 is 10.9 Å². The SMILES string of the molecule is CCCc1ccc(-c2ccccc2)cc1.N[SH](=O)=O. The molecule has 0 aliphatic heterocycles. The topological polar surface area (TPSA) is 60.2 Å². The van der Waals surface area contributed by atoms with Crippen molar-refractivity contribution in [3.05, 3.63) is 60.2 Å². The van der Waals surface area contributed by atoms with E-state index >= 15 is 0 Å². The molecule has 0 saturated heterocycles. The number of hydrogen-bond donors (Lipinski definition) is 2. The van der Waals surface area contributed by atoms with Gasteiger partial charge in [0.05, 0.1) is 0 Å². The van der Waals surface area contributed by atoms with E-state index in [-0.39, 0.29) is 0 Å². The predicted molar refractivity (Wildman–Crippen MR) is 80.4 cm³/mol. The van der Waals surface area contributed by atoms with Crippen molar-refractivity contribution in [1.82, 2.24) is 0 Å². The highest BCUT2D eigenvalue weighted by molar-refractivity contribution is 7.69. The zero-order chi connectivity index (χ0) is 14.1. The second-order valence-corrected chi connectivity index (χ2v) is 4.67. The van der Waals surface area contributed by atoms with E-state index in [0.29, 0.717) is 0 Å². The fourth-order valence-corrected chi connectivity index (χ4v) is 1.78. The van der Waals surface area contributed by atoms with Crippen molar-refractivity contribution in [2.24, 2.45) is 5.14 Å². The van der Waals surface area contributed by atoms with E-state index in [1.54, 1.807) is 0 Å². The van der Waals surface area contributed by atoms with E-state index in [1.165, 1.54) is 29.5 Å². The van der Waals surface area contributed by atoms with Crippen molar-refractivity contribution in [3.63, 3.8) is 0 Å². The van der Waals surface area contributed by atoms with Crippen LogP contribution >= 0.6 is 0 Å². The minimum absolute atomic E-state index is 1.18. The molecule has 2 rings (SSSR count). The molecule has 19 heavy (non-hydrogen) atoms. The van der Waals surface area contributed by atoms with Gasteiger partial charge in [-0.15, -0.1) is 0 Å². The van der Waals surface area contributed by atoms with E-state index in [1.807, 2.05) is 0 Å². The Morgan fingerprint density at radius 1 is 0.895 bits per heavy atom. The Labute approximate surface area is 116 Å². The first-order valence-electron chi connectivity index (χ1n) is 6.17. The number of benzene rings is 2. The summed E-state index contributed by atoms with van der Waals surface area (Å²) in [6.45, 7) is 2.21. The number of hydrogen-bond acceptors (Lipinski definition) is 2. The van der Waals surface area contributed by atoms with Crippen LogP contribution < -0.4 is 5.14 Å². The summed E-state index contributed by atoms with van der Waals surface area (Å²) in [6.07, 6.45) is 2.39. The van der Waals surface area contributed by atoms with Crippen LogP contribution in [0.5, 0.6) is 0 Å². The van der Waals surface area contributed by atoms with Crippen LogP contribution in [0.4, 0.5) is 0 Å². The number of rotatable bonds is 3. The Morgan fingerprint density at radius 2 is 1.37 bits per heavy atom. The van der Waals surface area contributed by atoms with Gasteiger partial charge in [0.25, 0.3) is 0 Å². The minimum atomic E-state index is -2.62. The summed E-state index contributed by atoms with van der Waals surface area (Å²) in [7, 11) is -2.62. The molecule has 0 atom stereocenters. The second kappa shape index (κ2) is 8.45. The van der Waals surface area contributed by atoms with Gasteiger partial charge in [0.15, 0.2) is 10.9 Å². The molecule has 0 aliphatic carbocycles. The molecule has 0 spiro atoms. The first kappa shape index (κ1) is 15.4. The lowest BCUT2D eigenvalue weighted by molar-refractivity contribution is 0.616. The molecule has 3 nitrogen and oxygen atoms in total. The molecule has 2 aromatic rings. The van der Waals surface area contributed by atoms with Crippen LogP contribution in [0, 0.1) is 0 Å². The lowest BCUT2D eigenvalue weighted by Crippen LogP contribution is -1.85. The third-order valence-electron chi connectivity index (χ3n) is 2.60. The molecule has 0 amide bonds. The molecular formula is C15H19NO2S. The molecule has 0 heterocycles. The van der Waals surface area contributed by atoms with Crippen molar-refractivity contribution in [3.8, 4) is 11.1 Å². The highest BCUT2D eigenvalue weighted by Gasteiger charge is 1.96. The van der Waals surface area contributed by atoms with Crippen LogP contribution in [-0.4, -0.2) is 8.42 Å². The van der Waals surface area contributed by atoms with Gasteiger partial charge in [-0.05, 0) is 23.1 Å².